The number of rotatable bonds is 6. The van der Waals surface area contributed by atoms with Gasteiger partial charge in [0.05, 0.1) is 31.0 Å². The van der Waals surface area contributed by atoms with Gasteiger partial charge in [-0.25, -0.2) is 0 Å². The molecule has 2 aromatic rings. The minimum Gasteiger partial charge on any atom is -0.490 e. The highest BCUT2D eigenvalue weighted by Crippen LogP contribution is 2.29. The molecule has 24 heavy (non-hydrogen) atoms. The topological polar surface area (TPSA) is 63.9 Å². The summed E-state index contributed by atoms with van der Waals surface area (Å²) in [6, 6.07) is 5.39. The van der Waals surface area contributed by atoms with Crippen LogP contribution in [-0.2, 0) is 4.74 Å². The smallest absolute Gasteiger partial charge is 0.251 e. The maximum atomic E-state index is 12.4. The van der Waals surface area contributed by atoms with E-state index in [4.69, 9.17) is 13.9 Å². The Morgan fingerprint density at radius 1 is 1.33 bits per heavy atom. The molecule has 0 saturated carbocycles. The number of hydrogen-bond acceptors (Lipinski definition) is 5. The van der Waals surface area contributed by atoms with Gasteiger partial charge in [0.25, 0.3) is 5.91 Å². The average Bonchev–Trinajstić information content (AvgIpc) is 3.04. The molecule has 0 unspecified atom stereocenters. The number of benzene rings is 1. The summed E-state index contributed by atoms with van der Waals surface area (Å²) in [7, 11) is 0. The lowest BCUT2D eigenvalue weighted by Crippen LogP contribution is -2.41. The van der Waals surface area contributed by atoms with Crippen molar-refractivity contribution in [3.8, 4) is 5.75 Å². The van der Waals surface area contributed by atoms with Crippen LogP contribution in [0.5, 0.6) is 5.75 Å². The van der Waals surface area contributed by atoms with Crippen molar-refractivity contribution in [2.75, 3.05) is 39.4 Å². The van der Waals surface area contributed by atoms with Crippen LogP contribution < -0.4 is 10.1 Å². The maximum Gasteiger partial charge on any atom is 0.251 e. The number of nitrogens with one attached hydrogen (secondary N) is 1. The van der Waals surface area contributed by atoms with Crippen LogP contribution in [0.3, 0.4) is 0 Å². The van der Waals surface area contributed by atoms with Gasteiger partial charge in [-0.1, -0.05) is 0 Å². The van der Waals surface area contributed by atoms with E-state index in [0.29, 0.717) is 23.4 Å². The van der Waals surface area contributed by atoms with Crippen molar-refractivity contribution < 1.29 is 18.7 Å². The van der Waals surface area contributed by atoms with E-state index in [1.54, 1.807) is 18.4 Å². The molecule has 1 aromatic carbocycles. The first-order valence-corrected chi connectivity index (χ1v) is 8.39. The summed E-state index contributed by atoms with van der Waals surface area (Å²) in [5.74, 6) is 0.560. The average molecular weight is 332 g/mol. The highest BCUT2D eigenvalue weighted by molar-refractivity contribution is 5.99. The van der Waals surface area contributed by atoms with E-state index in [1.165, 1.54) is 0 Å². The number of hydrogen-bond donors (Lipinski definition) is 1. The molecule has 1 aromatic heterocycles. The van der Waals surface area contributed by atoms with Gasteiger partial charge in [-0.05, 0) is 32.0 Å². The van der Waals surface area contributed by atoms with Gasteiger partial charge < -0.3 is 19.2 Å². The van der Waals surface area contributed by atoms with Crippen LogP contribution in [0, 0.1) is 0 Å². The van der Waals surface area contributed by atoms with E-state index in [1.807, 2.05) is 19.9 Å². The van der Waals surface area contributed by atoms with E-state index in [9.17, 15) is 4.79 Å². The van der Waals surface area contributed by atoms with Gasteiger partial charge in [-0.3, -0.25) is 9.69 Å². The molecule has 3 rings (SSSR count). The van der Waals surface area contributed by atoms with Gasteiger partial charge in [0.1, 0.15) is 11.3 Å². The van der Waals surface area contributed by atoms with Gasteiger partial charge >= 0.3 is 0 Å². The Bertz CT molecular complexity index is 689. The molecular formula is C18H24N2O4. The largest absolute Gasteiger partial charge is 0.490 e. The van der Waals surface area contributed by atoms with Crippen LogP contribution in [0.1, 0.15) is 24.2 Å². The Morgan fingerprint density at radius 2 is 2.12 bits per heavy atom. The van der Waals surface area contributed by atoms with Crippen LogP contribution in [0.2, 0.25) is 0 Å². The predicted octanol–water partition coefficient (Wildman–Crippen LogP) is 2.28. The second kappa shape index (κ2) is 7.68. The summed E-state index contributed by atoms with van der Waals surface area (Å²) in [5.41, 5.74) is 1.21. The molecule has 0 bridgehead atoms. The van der Waals surface area contributed by atoms with Crippen molar-refractivity contribution in [2.45, 2.75) is 20.0 Å². The van der Waals surface area contributed by atoms with Gasteiger partial charge in [0.2, 0.25) is 0 Å². The van der Waals surface area contributed by atoms with E-state index < -0.39 is 0 Å². The summed E-state index contributed by atoms with van der Waals surface area (Å²) in [5, 5.41) is 3.85. The number of carbonyl (C=O) groups is 1. The van der Waals surface area contributed by atoms with E-state index in [-0.39, 0.29) is 12.0 Å². The third-order valence-corrected chi connectivity index (χ3v) is 3.98. The van der Waals surface area contributed by atoms with E-state index in [2.05, 4.69) is 10.2 Å². The molecule has 0 radical (unpaired) electrons. The monoisotopic (exact) mass is 332 g/mol. The first-order chi connectivity index (χ1) is 11.6. The zero-order valence-corrected chi connectivity index (χ0v) is 14.2. The molecule has 0 atom stereocenters. The van der Waals surface area contributed by atoms with Crippen LogP contribution in [0.4, 0.5) is 0 Å². The second-order valence-electron chi connectivity index (χ2n) is 6.18. The molecule has 0 aliphatic carbocycles. The fourth-order valence-corrected chi connectivity index (χ4v) is 2.78. The minimum atomic E-state index is -0.116. The van der Waals surface area contributed by atoms with Crippen molar-refractivity contribution in [2.24, 2.45) is 0 Å². The molecule has 1 fully saturated rings. The first kappa shape index (κ1) is 16.8. The Hall–Kier alpha value is -2.05. The standard InChI is InChI=1S/C18H24N2O4/c1-13(2)24-17-12-14(11-16-15(17)3-8-23-16)18(21)19-4-5-20-6-9-22-10-7-20/h3,8,11-13H,4-7,9-10H2,1-2H3,(H,19,21). The maximum absolute atomic E-state index is 12.4. The van der Waals surface area contributed by atoms with Crippen molar-refractivity contribution in [1.82, 2.24) is 10.2 Å². The summed E-state index contributed by atoms with van der Waals surface area (Å²) < 4.78 is 16.6. The molecule has 6 nitrogen and oxygen atoms in total. The quantitative estimate of drug-likeness (QED) is 0.879. The fraction of sp³-hybridized carbons (Fsp3) is 0.500. The molecule has 0 spiro atoms. The number of fused-ring (bicyclic) bond motifs is 1. The third kappa shape index (κ3) is 4.07. The summed E-state index contributed by atoms with van der Waals surface area (Å²) in [6.07, 6.45) is 1.64. The van der Waals surface area contributed by atoms with E-state index >= 15 is 0 Å². The van der Waals surface area contributed by atoms with Crippen molar-refractivity contribution in [3.63, 3.8) is 0 Å². The molecule has 1 saturated heterocycles. The summed E-state index contributed by atoms with van der Waals surface area (Å²) in [6.45, 7) is 8.71. The normalized spacial score (nSPS) is 15.8. The molecule has 1 amide bonds. The van der Waals surface area contributed by atoms with Crippen LogP contribution >= 0.6 is 0 Å². The lowest BCUT2D eigenvalue weighted by molar-refractivity contribution is 0.0383. The van der Waals surface area contributed by atoms with Crippen LogP contribution in [0.25, 0.3) is 11.0 Å². The predicted molar refractivity (Wildman–Crippen MR) is 91.6 cm³/mol. The molecule has 2 heterocycles. The van der Waals surface area contributed by atoms with Gasteiger partial charge in [-0.15, -0.1) is 0 Å². The van der Waals surface area contributed by atoms with Crippen molar-refractivity contribution >= 4 is 16.9 Å². The molecule has 6 heteroatoms. The summed E-state index contributed by atoms with van der Waals surface area (Å²) in [4.78, 5) is 14.7. The molecule has 1 aliphatic heterocycles. The Labute approximate surface area is 141 Å². The van der Waals surface area contributed by atoms with Gasteiger partial charge in [0, 0.05) is 31.7 Å². The number of nitrogens with zero attached hydrogens (tertiary/aromatic N) is 1. The highest BCUT2D eigenvalue weighted by Gasteiger charge is 2.15. The third-order valence-electron chi connectivity index (χ3n) is 3.98. The molecule has 1 aliphatic rings. The number of carbonyl (C=O) groups excluding carboxylic acids is 1. The van der Waals surface area contributed by atoms with E-state index in [0.717, 1.165) is 38.2 Å². The summed E-state index contributed by atoms with van der Waals surface area (Å²) >= 11 is 0. The van der Waals surface area contributed by atoms with Crippen LogP contribution in [-0.4, -0.2) is 56.3 Å². The lowest BCUT2D eigenvalue weighted by atomic mass is 10.1. The fourth-order valence-electron chi connectivity index (χ4n) is 2.78. The number of ether oxygens (including phenoxy) is 2. The number of furan rings is 1. The highest BCUT2D eigenvalue weighted by atomic mass is 16.5. The minimum absolute atomic E-state index is 0.0303. The van der Waals surface area contributed by atoms with Crippen molar-refractivity contribution in [3.05, 3.63) is 30.0 Å². The molecule has 1 N–H and O–H groups in total. The van der Waals surface area contributed by atoms with Gasteiger partial charge in [0.15, 0.2) is 0 Å². The lowest BCUT2D eigenvalue weighted by Gasteiger charge is -2.26. The van der Waals surface area contributed by atoms with Gasteiger partial charge in [-0.2, -0.15) is 0 Å². The second-order valence-corrected chi connectivity index (χ2v) is 6.18. The zero-order valence-electron chi connectivity index (χ0n) is 14.2. The molecule has 130 valence electrons. The Balaban J connectivity index is 1.65. The number of morpholine rings is 1. The SMILES string of the molecule is CC(C)Oc1cc(C(=O)NCCN2CCOCC2)cc2occc12. The Morgan fingerprint density at radius 3 is 2.88 bits per heavy atom. The number of amides is 1. The first-order valence-electron chi connectivity index (χ1n) is 8.39. The molecular weight excluding hydrogens is 308 g/mol. The van der Waals surface area contributed by atoms with Crippen molar-refractivity contribution in [1.29, 1.82) is 0 Å². The Kier molecular flexibility index (Phi) is 5.37. The van der Waals surface area contributed by atoms with Crippen LogP contribution in [0.15, 0.2) is 28.9 Å². The zero-order chi connectivity index (χ0) is 16.9.